The lowest BCUT2D eigenvalue weighted by atomic mass is 10.4. The molecule has 0 aliphatic heterocycles. The number of thiazole rings is 1. The Kier molecular flexibility index (Phi) is 1.41. The number of hydrogen-bond acceptors (Lipinski definition) is 4. The summed E-state index contributed by atoms with van der Waals surface area (Å²) in [6, 6.07) is 0. The van der Waals surface area contributed by atoms with Gasteiger partial charge in [-0.05, 0) is 6.92 Å². The Hall–Kier alpha value is -1.36. The lowest BCUT2D eigenvalue weighted by molar-refractivity contribution is 0.457. The summed E-state index contributed by atoms with van der Waals surface area (Å²) in [5.74, 6) is -0.272. The second-order valence-corrected chi connectivity index (χ2v) is 3.28. The van der Waals surface area contributed by atoms with Crippen LogP contribution < -0.4 is 5.56 Å². The zero-order valence-corrected chi connectivity index (χ0v) is 7.13. The Bertz CT molecular complexity index is 486. The van der Waals surface area contributed by atoms with E-state index in [0.717, 1.165) is 0 Å². The van der Waals surface area contributed by atoms with Gasteiger partial charge in [-0.25, -0.2) is 4.98 Å². The fourth-order valence-electron chi connectivity index (χ4n) is 0.973. The maximum atomic E-state index is 11.3. The minimum Gasteiger partial charge on any atom is -0.502 e. The largest absolute Gasteiger partial charge is 0.502 e. The van der Waals surface area contributed by atoms with Crippen LogP contribution in [-0.4, -0.2) is 14.5 Å². The van der Waals surface area contributed by atoms with Crippen LogP contribution >= 0.6 is 11.3 Å². The molecule has 0 radical (unpaired) electrons. The van der Waals surface area contributed by atoms with Crippen molar-refractivity contribution < 1.29 is 5.11 Å². The summed E-state index contributed by atoms with van der Waals surface area (Å²) in [4.78, 5) is 15.9. The number of aryl methyl sites for hydroxylation is 1. The van der Waals surface area contributed by atoms with E-state index in [1.54, 1.807) is 18.5 Å². The normalized spacial score (nSPS) is 10.8. The average molecular weight is 182 g/mol. The van der Waals surface area contributed by atoms with Crippen LogP contribution in [0.25, 0.3) is 4.96 Å². The Morgan fingerprint density at radius 2 is 2.42 bits per heavy atom. The Labute approximate surface area is 71.7 Å². The van der Waals surface area contributed by atoms with E-state index in [2.05, 4.69) is 4.98 Å². The smallest absolute Gasteiger partial charge is 0.300 e. The van der Waals surface area contributed by atoms with Crippen molar-refractivity contribution in [1.29, 1.82) is 0 Å². The van der Waals surface area contributed by atoms with Gasteiger partial charge in [0.25, 0.3) is 0 Å². The molecule has 0 amide bonds. The van der Waals surface area contributed by atoms with Crippen LogP contribution in [0.2, 0.25) is 0 Å². The molecule has 2 rings (SSSR count). The summed E-state index contributed by atoms with van der Waals surface area (Å²) in [7, 11) is 0. The van der Waals surface area contributed by atoms with Gasteiger partial charge in [-0.2, -0.15) is 0 Å². The zero-order valence-electron chi connectivity index (χ0n) is 6.31. The van der Waals surface area contributed by atoms with Gasteiger partial charge in [0.15, 0.2) is 4.96 Å². The Morgan fingerprint density at radius 3 is 3.17 bits per heavy atom. The molecule has 4 nitrogen and oxygen atoms in total. The maximum absolute atomic E-state index is 11.3. The number of aromatic hydroxyl groups is 1. The highest BCUT2D eigenvalue weighted by atomic mass is 32.1. The van der Waals surface area contributed by atoms with Crippen molar-refractivity contribution in [3.8, 4) is 5.75 Å². The molecule has 0 saturated carbocycles. The molecule has 62 valence electrons. The van der Waals surface area contributed by atoms with E-state index in [4.69, 9.17) is 0 Å². The number of nitrogens with zero attached hydrogens (tertiary/aromatic N) is 2. The maximum Gasteiger partial charge on any atom is 0.300 e. The van der Waals surface area contributed by atoms with Crippen molar-refractivity contribution in [2.75, 3.05) is 0 Å². The topological polar surface area (TPSA) is 54.6 Å². The van der Waals surface area contributed by atoms with E-state index in [1.165, 1.54) is 15.7 Å². The molecule has 0 fully saturated rings. The highest BCUT2D eigenvalue weighted by Gasteiger charge is 2.07. The van der Waals surface area contributed by atoms with Crippen LogP contribution in [0.1, 0.15) is 5.69 Å². The van der Waals surface area contributed by atoms with E-state index in [-0.39, 0.29) is 5.75 Å². The van der Waals surface area contributed by atoms with E-state index in [9.17, 15) is 9.90 Å². The predicted molar refractivity (Wildman–Crippen MR) is 45.7 cm³/mol. The predicted octanol–water partition coefficient (Wildman–Crippen LogP) is 0.770. The van der Waals surface area contributed by atoms with Crippen molar-refractivity contribution in [3.63, 3.8) is 0 Å². The first-order valence-corrected chi connectivity index (χ1v) is 4.23. The van der Waals surface area contributed by atoms with Crippen LogP contribution in [0.15, 0.2) is 16.4 Å². The minimum atomic E-state index is -0.404. The van der Waals surface area contributed by atoms with Gasteiger partial charge in [-0.1, -0.05) is 0 Å². The minimum absolute atomic E-state index is 0.272. The fraction of sp³-hybridized carbons (Fsp3) is 0.143. The standard InChI is InChI=1S/C7H6N2O2S/c1-4-5(10)6(11)9-2-3-12-7(9)8-4/h2-3,10H,1H3. The first-order valence-electron chi connectivity index (χ1n) is 3.35. The summed E-state index contributed by atoms with van der Waals surface area (Å²) in [6.45, 7) is 1.61. The van der Waals surface area contributed by atoms with Crippen LogP contribution in [-0.2, 0) is 0 Å². The molecule has 1 N–H and O–H groups in total. The summed E-state index contributed by atoms with van der Waals surface area (Å²) in [6.07, 6.45) is 1.59. The molecule has 0 bridgehead atoms. The van der Waals surface area contributed by atoms with Gasteiger partial charge in [0.05, 0.1) is 5.69 Å². The number of aromatic nitrogens is 2. The van der Waals surface area contributed by atoms with Crippen molar-refractivity contribution >= 4 is 16.3 Å². The molecule has 0 aliphatic carbocycles. The molecule has 2 aromatic rings. The van der Waals surface area contributed by atoms with E-state index in [0.29, 0.717) is 10.7 Å². The summed E-state index contributed by atoms with van der Waals surface area (Å²) >= 11 is 1.37. The third-order valence-electron chi connectivity index (χ3n) is 1.62. The van der Waals surface area contributed by atoms with Crippen LogP contribution in [0.3, 0.4) is 0 Å². The quantitative estimate of drug-likeness (QED) is 0.654. The Balaban J connectivity index is 3.05. The van der Waals surface area contributed by atoms with Crippen LogP contribution in [0.5, 0.6) is 5.75 Å². The molecule has 0 unspecified atom stereocenters. The molecule has 12 heavy (non-hydrogen) atoms. The fourth-order valence-corrected chi connectivity index (χ4v) is 1.72. The molecular weight excluding hydrogens is 176 g/mol. The molecule has 5 heteroatoms. The van der Waals surface area contributed by atoms with Crippen LogP contribution in [0.4, 0.5) is 0 Å². The highest BCUT2D eigenvalue weighted by Crippen LogP contribution is 2.12. The average Bonchev–Trinajstić information content (AvgIpc) is 2.48. The van der Waals surface area contributed by atoms with Gasteiger partial charge in [0.2, 0.25) is 5.75 Å². The molecular formula is C7H6N2O2S. The van der Waals surface area contributed by atoms with Gasteiger partial charge >= 0.3 is 5.56 Å². The van der Waals surface area contributed by atoms with Crippen molar-refractivity contribution in [2.24, 2.45) is 0 Å². The Morgan fingerprint density at radius 1 is 1.67 bits per heavy atom. The summed E-state index contributed by atoms with van der Waals surface area (Å²) in [5, 5.41) is 11.0. The van der Waals surface area contributed by atoms with Crippen molar-refractivity contribution in [2.45, 2.75) is 6.92 Å². The lowest BCUT2D eigenvalue weighted by Crippen LogP contribution is -2.12. The first kappa shape index (κ1) is 7.30. The third kappa shape index (κ3) is 0.831. The number of rotatable bonds is 0. The van der Waals surface area contributed by atoms with E-state index < -0.39 is 5.56 Å². The SMILES string of the molecule is Cc1nc2sccn2c(=O)c1O. The van der Waals surface area contributed by atoms with Crippen molar-refractivity contribution in [3.05, 3.63) is 27.6 Å². The number of hydrogen-bond donors (Lipinski definition) is 1. The van der Waals surface area contributed by atoms with Gasteiger partial charge in [0.1, 0.15) is 0 Å². The molecule has 0 saturated heterocycles. The molecule has 2 heterocycles. The molecule has 0 spiro atoms. The van der Waals surface area contributed by atoms with Gasteiger partial charge in [-0.3, -0.25) is 9.20 Å². The number of fused-ring (bicyclic) bond motifs is 1. The van der Waals surface area contributed by atoms with Gasteiger partial charge < -0.3 is 5.11 Å². The lowest BCUT2D eigenvalue weighted by Gasteiger charge is -1.96. The molecule has 0 aromatic carbocycles. The van der Waals surface area contributed by atoms with Gasteiger partial charge in [-0.15, -0.1) is 11.3 Å². The van der Waals surface area contributed by atoms with Crippen molar-refractivity contribution in [1.82, 2.24) is 9.38 Å². The molecule has 2 aromatic heterocycles. The summed E-state index contributed by atoms with van der Waals surface area (Å²) in [5.41, 5.74) is -0.0267. The first-order chi connectivity index (χ1) is 5.70. The molecule has 0 aliphatic rings. The third-order valence-corrected chi connectivity index (χ3v) is 2.37. The second kappa shape index (κ2) is 2.31. The second-order valence-electron chi connectivity index (χ2n) is 2.41. The van der Waals surface area contributed by atoms with Gasteiger partial charge in [0, 0.05) is 11.6 Å². The van der Waals surface area contributed by atoms with Crippen LogP contribution in [0, 0.1) is 6.92 Å². The highest BCUT2D eigenvalue weighted by molar-refractivity contribution is 7.15. The zero-order chi connectivity index (χ0) is 8.72. The van der Waals surface area contributed by atoms with E-state index >= 15 is 0 Å². The summed E-state index contributed by atoms with van der Waals surface area (Å²) < 4.78 is 1.33. The molecule has 0 atom stereocenters. The van der Waals surface area contributed by atoms with E-state index in [1.807, 2.05) is 0 Å². The monoisotopic (exact) mass is 182 g/mol.